The summed E-state index contributed by atoms with van der Waals surface area (Å²) in [5.74, 6) is 0.0713. The highest BCUT2D eigenvalue weighted by Crippen LogP contribution is 2.37. The second kappa shape index (κ2) is 10.2. The molecule has 2 aromatic heterocycles. The molecule has 2 heterocycles. The number of ether oxygens (including phenoxy) is 1. The van der Waals surface area contributed by atoms with Crippen LogP contribution in [0.5, 0.6) is 5.75 Å². The van der Waals surface area contributed by atoms with Crippen LogP contribution in [0.3, 0.4) is 0 Å². The lowest BCUT2D eigenvalue weighted by Gasteiger charge is -2.33. The summed E-state index contributed by atoms with van der Waals surface area (Å²) < 4.78 is 13.2. The molecule has 204 valence electrons. The molecule has 2 aliphatic carbocycles. The number of fused-ring (bicyclic) bond motifs is 1. The Morgan fingerprint density at radius 2 is 1.75 bits per heavy atom. The van der Waals surface area contributed by atoms with Gasteiger partial charge in [0, 0.05) is 5.39 Å². The molecule has 0 aliphatic heterocycles. The fourth-order valence-corrected chi connectivity index (χ4v) is 5.45. The Hall–Kier alpha value is -4.65. The number of amides is 2. The van der Waals surface area contributed by atoms with E-state index in [-0.39, 0.29) is 11.7 Å². The summed E-state index contributed by atoms with van der Waals surface area (Å²) in [5.41, 5.74) is 1.26. The summed E-state index contributed by atoms with van der Waals surface area (Å²) in [7, 11) is 1.60. The maximum atomic E-state index is 13.5. The summed E-state index contributed by atoms with van der Waals surface area (Å²) in [4.78, 5) is 30.9. The van der Waals surface area contributed by atoms with Crippen LogP contribution in [0.15, 0.2) is 59.5 Å². The van der Waals surface area contributed by atoms with Gasteiger partial charge in [0.2, 0.25) is 5.91 Å². The monoisotopic (exact) mass is 538 g/mol. The van der Waals surface area contributed by atoms with Gasteiger partial charge in [0.1, 0.15) is 40.8 Å². The quantitative estimate of drug-likeness (QED) is 0.326. The number of nitrogens with zero attached hydrogens (tertiary/aromatic N) is 4. The van der Waals surface area contributed by atoms with E-state index >= 15 is 0 Å². The molecule has 2 aromatic carbocycles. The molecule has 2 aliphatic rings. The zero-order valence-electron chi connectivity index (χ0n) is 22.3. The highest BCUT2D eigenvalue weighted by Gasteiger charge is 2.49. The molecule has 10 heteroatoms. The SMILES string of the molecule is COc1cc(-c2ccc3cc(C(=O)NC4(C(=O)NC5(C#N)CC5)CCCCCC4)oc3c2)ccc1-n1cncn1. The Bertz CT molecular complexity index is 1600. The first-order valence-electron chi connectivity index (χ1n) is 13.6. The largest absolute Gasteiger partial charge is 0.494 e. The Morgan fingerprint density at radius 1 is 1.00 bits per heavy atom. The summed E-state index contributed by atoms with van der Waals surface area (Å²) in [5, 5.41) is 20.4. The lowest BCUT2D eigenvalue weighted by Crippen LogP contribution is -2.60. The molecular weight excluding hydrogens is 508 g/mol. The topological polar surface area (TPSA) is 135 Å². The molecule has 2 N–H and O–H groups in total. The van der Waals surface area contributed by atoms with Crippen LogP contribution in [0.4, 0.5) is 0 Å². The molecule has 2 fully saturated rings. The van der Waals surface area contributed by atoms with E-state index in [2.05, 4.69) is 26.8 Å². The van der Waals surface area contributed by atoms with Gasteiger partial charge in [-0.3, -0.25) is 9.59 Å². The minimum atomic E-state index is -1.06. The van der Waals surface area contributed by atoms with Crippen molar-refractivity contribution in [1.29, 1.82) is 5.26 Å². The number of nitrogens with one attached hydrogen (secondary N) is 2. The highest BCUT2D eigenvalue weighted by molar-refractivity contribution is 6.00. The van der Waals surface area contributed by atoms with Gasteiger partial charge in [-0.1, -0.05) is 43.9 Å². The molecule has 40 heavy (non-hydrogen) atoms. The van der Waals surface area contributed by atoms with Crippen molar-refractivity contribution in [2.75, 3.05) is 7.11 Å². The van der Waals surface area contributed by atoms with Crippen molar-refractivity contribution < 1.29 is 18.7 Å². The van der Waals surface area contributed by atoms with Gasteiger partial charge in [0.15, 0.2) is 5.76 Å². The molecule has 10 nitrogen and oxygen atoms in total. The maximum absolute atomic E-state index is 13.5. The Kier molecular flexibility index (Phi) is 6.50. The van der Waals surface area contributed by atoms with Crippen LogP contribution in [0, 0.1) is 11.3 Å². The van der Waals surface area contributed by atoms with Crippen LogP contribution < -0.4 is 15.4 Å². The number of nitriles is 1. The number of methoxy groups -OCH3 is 1. The third-order valence-electron chi connectivity index (χ3n) is 7.98. The van der Waals surface area contributed by atoms with Gasteiger partial charge in [-0.15, -0.1) is 0 Å². The zero-order valence-corrected chi connectivity index (χ0v) is 22.3. The lowest BCUT2D eigenvalue weighted by molar-refractivity contribution is -0.128. The van der Waals surface area contributed by atoms with E-state index in [1.165, 1.54) is 6.33 Å². The molecule has 0 spiro atoms. The van der Waals surface area contributed by atoms with Gasteiger partial charge in [0.25, 0.3) is 5.91 Å². The average Bonchev–Trinajstić information content (AvgIpc) is 3.39. The number of carbonyl (C=O) groups excluding carboxylic acids is 2. The minimum absolute atomic E-state index is 0.143. The van der Waals surface area contributed by atoms with Crippen molar-refractivity contribution in [3.8, 4) is 28.6 Å². The number of rotatable bonds is 7. The molecule has 0 bridgehead atoms. The van der Waals surface area contributed by atoms with Crippen LogP contribution in [0.1, 0.15) is 61.9 Å². The molecule has 2 amide bonds. The summed E-state index contributed by atoms with van der Waals surface area (Å²) >= 11 is 0. The number of aromatic nitrogens is 3. The minimum Gasteiger partial charge on any atom is -0.494 e. The fraction of sp³-hybridized carbons (Fsp3) is 0.367. The molecule has 0 saturated heterocycles. The smallest absolute Gasteiger partial charge is 0.287 e. The third kappa shape index (κ3) is 4.79. The van der Waals surface area contributed by atoms with E-state index < -0.39 is 17.0 Å². The number of furan rings is 1. The van der Waals surface area contributed by atoms with Crippen molar-refractivity contribution in [3.63, 3.8) is 0 Å². The molecule has 0 unspecified atom stereocenters. The van der Waals surface area contributed by atoms with Crippen molar-refractivity contribution in [1.82, 2.24) is 25.4 Å². The summed E-state index contributed by atoms with van der Waals surface area (Å²) in [6.45, 7) is 0. The second-order valence-electron chi connectivity index (χ2n) is 10.7. The Labute approximate surface area is 231 Å². The Morgan fingerprint density at radius 3 is 2.42 bits per heavy atom. The fourth-order valence-electron chi connectivity index (χ4n) is 5.45. The van der Waals surface area contributed by atoms with E-state index in [0.717, 1.165) is 47.9 Å². The van der Waals surface area contributed by atoms with Gasteiger partial charge >= 0.3 is 0 Å². The van der Waals surface area contributed by atoms with Crippen LogP contribution in [-0.2, 0) is 4.79 Å². The predicted molar refractivity (Wildman–Crippen MR) is 147 cm³/mol. The number of benzene rings is 2. The number of hydrogen-bond donors (Lipinski definition) is 2. The Balaban J connectivity index is 1.26. The zero-order chi connectivity index (χ0) is 27.7. The van der Waals surface area contributed by atoms with Crippen molar-refractivity contribution >= 4 is 22.8 Å². The van der Waals surface area contributed by atoms with Crippen molar-refractivity contribution in [2.24, 2.45) is 0 Å². The van der Waals surface area contributed by atoms with Crippen LogP contribution in [-0.4, -0.2) is 44.8 Å². The standard InChI is InChI=1S/C30H30N6O4/c1-39-25-15-21(8-9-23(25)36-19-32-18-33-36)20-6-7-22-16-26(40-24(22)14-20)27(37)34-30(10-4-2-3-5-11-30)28(38)35-29(17-31)12-13-29/h6-9,14-16,18-19H,2-5,10-13H2,1H3,(H,34,37)(H,35,38). The number of hydrogen-bond acceptors (Lipinski definition) is 7. The molecule has 6 rings (SSSR count). The second-order valence-corrected chi connectivity index (χ2v) is 10.7. The molecule has 2 saturated carbocycles. The number of carbonyl (C=O) groups is 2. The first kappa shape index (κ1) is 25.6. The van der Waals surface area contributed by atoms with Crippen molar-refractivity contribution in [3.05, 3.63) is 60.9 Å². The van der Waals surface area contributed by atoms with Crippen LogP contribution >= 0.6 is 0 Å². The highest BCUT2D eigenvalue weighted by atomic mass is 16.5. The average molecular weight is 539 g/mol. The molecule has 0 atom stereocenters. The first-order chi connectivity index (χ1) is 19.4. The van der Waals surface area contributed by atoms with Gasteiger partial charge in [-0.25, -0.2) is 9.67 Å². The van der Waals surface area contributed by atoms with Gasteiger partial charge in [0.05, 0.1) is 13.2 Å². The molecule has 0 radical (unpaired) electrons. The van der Waals surface area contributed by atoms with E-state index in [1.807, 2.05) is 36.4 Å². The molecular formula is C30H30N6O4. The molecule has 4 aromatic rings. The first-order valence-corrected chi connectivity index (χ1v) is 13.6. The van der Waals surface area contributed by atoms with Crippen LogP contribution in [0.25, 0.3) is 27.8 Å². The lowest BCUT2D eigenvalue weighted by atomic mass is 9.88. The maximum Gasteiger partial charge on any atom is 0.287 e. The van der Waals surface area contributed by atoms with Gasteiger partial charge < -0.3 is 19.8 Å². The van der Waals surface area contributed by atoms with E-state index in [1.54, 1.807) is 24.2 Å². The van der Waals surface area contributed by atoms with Crippen molar-refractivity contribution in [2.45, 2.75) is 62.4 Å². The summed E-state index contributed by atoms with van der Waals surface area (Å²) in [6.07, 6.45) is 9.08. The predicted octanol–water partition coefficient (Wildman–Crippen LogP) is 4.68. The van der Waals surface area contributed by atoms with Gasteiger partial charge in [-0.2, -0.15) is 10.4 Å². The van der Waals surface area contributed by atoms with Gasteiger partial charge in [-0.05, 0) is 61.1 Å². The van der Waals surface area contributed by atoms with Crippen LogP contribution in [0.2, 0.25) is 0 Å². The van der Waals surface area contributed by atoms with E-state index in [4.69, 9.17) is 9.15 Å². The van der Waals surface area contributed by atoms with E-state index in [9.17, 15) is 14.9 Å². The summed E-state index contributed by atoms with van der Waals surface area (Å²) in [6, 6.07) is 15.4. The normalized spacial score (nSPS) is 17.4. The third-order valence-corrected chi connectivity index (χ3v) is 7.98. The van der Waals surface area contributed by atoms with E-state index in [0.29, 0.717) is 37.0 Å².